The Morgan fingerprint density at radius 3 is 2.05 bits per heavy atom. The van der Waals surface area contributed by atoms with Crippen LogP contribution in [0.2, 0.25) is 0 Å². The van der Waals surface area contributed by atoms with Crippen molar-refractivity contribution in [3.05, 3.63) is 94.0 Å². The molecule has 41 heavy (non-hydrogen) atoms. The van der Waals surface area contributed by atoms with Crippen molar-refractivity contribution in [2.75, 3.05) is 0 Å². The molecule has 17 heteroatoms. The maximum Gasteiger partial charge on any atom is 1.00 e. The van der Waals surface area contributed by atoms with Gasteiger partial charge in [0.2, 0.25) is 0 Å². The van der Waals surface area contributed by atoms with Crippen LogP contribution in [0.1, 0.15) is 11.1 Å². The third-order valence-corrected chi connectivity index (χ3v) is 7.16. The molecule has 13 nitrogen and oxygen atoms in total. The van der Waals surface area contributed by atoms with Crippen LogP contribution in [-0.4, -0.2) is 36.8 Å². The first-order chi connectivity index (χ1) is 18.2. The molecule has 0 atom stereocenters. The summed E-state index contributed by atoms with van der Waals surface area (Å²) in [5.74, 6) is -0.600. The molecule has 4 aromatic carbocycles. The molecule has 0 bridgehead atoms. The van der Waals surface area contributed by atoms with Crippen molar-refractivity contribution in [3.63, 3.8) is 0 Å². The van der Waals surface area contributed by atoms with E-state index in [0.29, 0.717) is 23.0 Å². The number of non-ortho nitro benzene ring substituents is 1. The summed E-state index contributed by atoms with van der Waals surface area (Å²) < 4.78 is 67.4. The predicted molar refractivity (Wildman–Crippen MR) is 136 cm³/mol. The van der Waals surface area contributed by atoms with Gasteiger partial charge in [0.15, 0.2) is 0 Å². The summed E-state index contributed by atoms with van der Waals surface area (Å²) in [4.78, 5) is 12.6. The largest absolute Gasteiger partial charge is 1.00 e. The average Bonchev–Trinajstić information content (AvgIpc) is 2.86. The summed E-state index contributed by atoms with van der Waals surface area (Å²) in [5, 5.41) is 31.3. The molecule has 0 radical (unpaired) electrons. The number of azo groups is 1. The number of aryl methyl sites for hydroxylation is 1. The Bertz CT molecular complexity index is 1910. The zero-order valence-electron chi connectivity index (χ0n) is 21.7. The Labute approximate surface area is 278 Å². The van der Waals surface area contributed by atoms with Crippen molar-refractivity contribution in [2.45, 2.75) is 16.7 Å². The van der Waals surface area contributed by atoms with E-state index in [-0.39, 0.29) is 86.8 Å². The molecule has 0 fully saturated rings. The molecular weight excluding hydrogens is 598 g/mol. The second-order valence-electron chi connectivity index (χ2n) is 8.15. The standard InChI is InChI=1S/C24H18N4O9S2.2Na/c1-14-10-17(25-24(29)15-3-7-19(8-4-15)28(30)31)6-9-22(14)27-26-18-5-2-16-11-20(38(32,33)34)13-23(21(16)12-18)39(35,36)37;;/h2-13H,1H3,(H,25,29)(H,32,33,34)(H,35,36,37);;/q;2*+1/p-2. The minimum atomic E-state index is -4.99. The van der Waals surface area contributed by atoms with Crippen molar-refractivity contribution in [1.82, 2.24) is 0 Å². The zero-order chi connectivity index (χ0) is 28.5. The van der Waals surface area contributed by atoms with Gasteiger partial charge in [-0.2, -0.15) is 18.6 Å². The molecule has 4 aromatic rings. The molecular formula is C24H16N4Na2O9S2. The molecule has 0 spiro atoms. The van der Waals surface area contributed by atoms with Crippen molar-refractivity contribution < 1.29 is 95.1 Å². The molecule has 0 aliphatic heterocycles. The van der Waals surface area contributed by atoms with E-state index in [2.05, 4.69) is 15.2 Å². The van der Waals surface area contributed by atoms with E-state index >= 15 is 0 Å². The van der Waals surface area contributed by atoms with Gasteiger partial charge in [0.05, 0.1) is 26.9 Å². The normalized spacial score (nSPS) is 12.1. The molecule has 0 aliphatic carbocycles. The topological polar surface area (TPSA) is 215 Å². The number of fused-ring (bicyclic) bond motifs is 1. The fraction of sp³-hybridized carbons (Fsp3) is 0.0417. The predicted octanol–water partition coefficient (Wildman–Crippen LogP) is -1.93. The maximum atomic E-state index is 12.4. The molecule has 0 saturated carbocycles. The minimum Gasteiger partial charge on any atom is -0.858 e. The summed E-state index contributed by atoms with van der Waals surface area (Å²) in [5.41, 5.74) is 1.45. The number of nitro groups is 1. The molecule has 0 heterocycles. The molecule has 0 saturated heterocycles. The Morgan fingerprint density at radius 1 is 0.854 bits per heavy atom. The van der Waals surface area contributed by atoms with Gasteiger partial charge in [-0.05, 0) is 83.9 Å². The minimum absolute atomic E-state index is 0. The maximum absolute atomic E-state index is 12.4. The second-order valence-corrected chi connectivity index (χ2v) is 10.9. The summed E-state index contributed by atoms with van der Waals surface area (Å²) >= 11 is 0. The van der Waals surface area contributed by atoms with E-state index in [1.54, 1.807) is 13.0 Å². The van der Waals surface area contributed by atoms with Gasteiger partial charge in [-0.3, -0.25) is 19.7 Å². The van der Waals surface area contributed by atoms with Gasteiger partial charge in [0.1, 0.15) is 15.0 Å². The molecule has 0 aliphatic rings. The van der Waals surface area contributed by atoms with Crippen molar-refractivity contribution in [1.29, 1.82) is 0 Å². The van der Waals surface area contributed by atoms with Crippen LogP contribution in [0.3, 0.4) is 0 Å². The first-order valence-corrected chi connectivity index (χ1v) is 13.6. The Hall–Kier alpha value is -2.57. The number of benzene rings is 4. The van der Waals surface area contributed by atoms with Crippen LogP contribution in [0, 0.1) is 17.0 Å². The molecule has 0 amide bonds. The number of nitrogens with zero attached hydrogens (tertiary/aromatic N) is 4. The van der Waals surface area contributed by atoms with Crippen molar-refractivity contribution >= 4 is 59.7 Å². The number of aliphatic imine (C=N–C) groups is 1. The second kappa shape index (κ2) is 13.6. The Balaban J connectivity index is 0.00000294. The SMILES string of the molecule is Cc1cc(N=C([O-])c2ccc([N+](=O)[O-])cc2)ccc1N=Nc1ccc2cc(S(=O)(=O)[O-])cc(S(=O)(=O)O)c2c1.[Na+].[Na+]. The van der Waals surface area contributed by atoms with E-state index in [1.807, 2.05) is 0 Å². The van der Waals surface area contributed by atoms with Crippen LogP contribution in [-0.2, 0) is 20.2 Å². The summed E-state index contributed by atoms with van der Waals surface area (Å²) in [6.07, 6.45) is 0. The summed E-state index contributed by atoms with van der Waals surface area (Å²) in [6, 6.07) is 15.2. The van der Waals surface area contributed by atoms with E-state index in [4.69, 9.17) is 0 Å². The Morgan fingerprint density at radius 2 is 1.49 bits per heavy atom. The monoisotopic (exact) mass is 614 g/mol. The van der Waals surface area contributed by atoms with Crippen LogP contribution in [0.25, 0.3) is 10.8 Å². The van der Waals surface area contributed by atoms with Gasteiger partial charge < -0.3 is 9.66 Å². The van der Waals surface area contributed by atoms with Gasteiger partial charge in [0.25, 0.3) is 15.8 Å². The van der Waals surface area contributed by atoms with Crippen molar-refractivity contribution in [2.24, 2.45) is 15.2 Å². The van der Waals surface area contributed by atoms with Crippen LogP contribution >= 0.6 is 0 Å². The van der Waals surface area contributed by atoms with E-state index in [9.17, 15) is 41.2 Å². The van der Waals surface area contributed by atoms with E-state index < -0.39 is 40.8 Å². The van der Waals surface area contributed by atoms with E-state index in [0.717, 1.165) is 6.07 Å². The third kappa shape index (κ3) is 8.48. The van der Waals surface area contributed by atoms with Gasteiger partial charge in [-0.1, -0.05) is 6.07 Å². The molecule has 4 rings (SSSR count). The van der Waals surface area contributed by atoms with Gasteiger partial charge in [0, 0.05) is 17.5 Å². The number of rotatable bonds is 7. The number of hydrogen-bond donors (Lipinski definition) is 1. The van der Waals surface area contributed by atoms with Gasteiger partial charge in [-0.15, -0.1) is 0 Å². The number of hydrogen-bond acceptors (Lipinski definition) is 11. The van der Waals surface area contributed by atoms with Crippen LogP contribution in [0.4, 0.5) is 22.7 Å². The molecule has 1 N–H and O–H groups in total. The summed E-state index contributed by atoms with van der Waals surface area (Å²) in [6.45, 7) is 1.69. The van der Waals surface area contributed by atoms with Gasteiger partial charge >= 0.3 is 59.1 Å². The fourth-order valence-corrected chi connectivity index (χ4v) is 4.88. The molecule has 0 unspecified atom stereocenters. The van der Waals surface area contributed by atoms with Crippen LogP contribution in [0.15, 0.2) is 97.8 Å². The van der Waals surface area contributed by atoms with Crippen LogP contribution in [0.5, 0.6) is 0 Å². The summed E-state index contributed by atoms with van der Waals surface area (Å²) in [7, 11) is -9.88. The molecule has 0 aromatic heterocycles. The fourth-order valence-electron chi connectivity index (χ4n) is 3.55. The quantitative estimate of drug-likeness (QED) is 0.0466. The van der Waals surface area contributed by atoms with Gasteiger partial charge in [-0.25, -0.2) is 8.42 Å². The first-order valence-electron chi connectivity index (χ1n) is 10.8. The van der Waals surface area contributed by atoms with E-state index in [1.165, 1.54) is 54.6 Å². The smallest absolute Gasteiger partial charge is 0.858 e. The first kappa shape index (κ1) is 34.6. The third-order valence-electron chi connectivity index (χ3n) is 5.45. The van der Waals surface area contributed by atoms with Crippen molar-refractivity contribution in [3.8, 4) is 0 Å². The molecule has 200 valence electrons. The zero-order valence-corrected chi connectivity index (χ0v) is 27.4. The Kier molecular flexibility index (Phi) is 11.5. The average molecular weight is 615 g/mol. The van der Waals surface area contributed by atoms with Crippen LogP contribution < -0.4 is 64.2 Å². The number of nitro benzene ring substituents is 1.